The molecule has 0 unspecified atom stereocenters. The van der Waals surface area contributed by atoms with Crippen LogP contribution in [0.15, 0.2) is 16.6 Å². The smallest absolute Gasteiger partial charge is 0.226 e. The van der Waals surface area contributed by atoms with Crippen molar-refractivity contribution in [2.75, 3.05) is 11.4 Å². The van der Waals surface area contributed by atoms with Crippen LogP contribution in [0.4, 0.5) is 5.69 Å². The Morgan fingerprint density at radius 1 is 1.60 bits per heavy atom. The van der Waals surface area contributed by atoms with Crippen molar-refractivity contribution >= 4 is 39.1 Å². The molecule has 1 aliphatic heterocycles. The number of halogens is 2. The van der Waals surface area contributed by atoms with E-state index >= 15 is 0 Å². The SMILES string of the molecule is CCC(=O)N1CCc2cc(Cl)cc(Br)c21. The predicted octanol–water partition coefficient (Wildman–Crippen LogP) is 3.40. The standard InChI is InChI=1S/C11H11BrClNO/c1-2-10(15)14-4-3-7-5-8(13)6-9(12)11(7)14/h5-6H,2-4H2,1H3. The second-order valence-corrected chi connectivity index (χ2v) is 4.84. The van der Waals surface area contributed by atoms with Gasteiger partial charge >= 0.3 is 0 Å². The largest absolute Gasteiger partial charge is 0.311 e. The maximum atomic E-state index is 11.7. The van der Waals surface area contributed by atoms with E-state index in [2.05, 4.69) is 15.9 Å². The summed E-state index contributed by atoms with van der Waals surface area (Å²) in [6.45, 7) is 2.64. The maximum absolute atomic E-state index is 11.7. The number of nitrogens with zero attached hydrogens (tertiary/aromatic N) is 1. The normalized spacial score (nSPS) is 14.2. The van der Waals surface area contributed by atoms with Gasteiger partial charge in [-0.05, 0) is 40.0 Å². The van der Waals surface area contributed by atoms with Crippen LogP contribution in [0.1, 0.15) is 18.9 Å². The van der Waals surface area contributed by atoms with Crippen LogP contribution in [-0.4, -0.2) is 12.5 Å². The fraction of sp³-hybridized carbons (Fsp3) is 0.364. The molecule has 0 saturated carbocycles. The predicted molar refractivity (Wildman–Crippen MR) is 65.5 cm³/mol. The third kappa shape index (κ3) is 1.91. The number of hydrogen-bond acceptors (Lipinski definition) is 1. The summed E-state index contributed by atoms with van der Waals surface area (Å²) in [4.78, 5) is 13.5. The molecule has 0 bridgehead atoms. The van der Waals surface area contributed by atoms with Crippen LogP contribution >= 0.6 is 27.5 Å². The lowest BCUT2D eigenvalue weighted by Crippen LogP contribution is -2.28. The lowest BCUT2D eigenvalue weighted by Gasteiger charge is -2.17. The van der Waals surface area contributed by atoms with E-state index < -0.39 is 0 Å². The van der Waals surface area contributed by atoms with Crippen molar-refractivity contribution in [3.63, 3.8) is 0 Å². The Hall–Kier alpha value is -0.540. The van der Waals surface area contributed by atoms with Crippen LogP contribution in [0.25, 0.3) is 0 Å². The van der Waals surface area contributed by atoms with Gasteiger partial charge in [0.2, 0.25) is 5.91 Å². The topological polar surface area (TPSA) is 20.3 Å². The van der Waals surface area contributed by atoms with Gasteiger partial charge in [0.05, 0.1) is 5.69 Å². The van der Waals surface area contributed by atoms with E-state index in [0.29, 0.717) is 11.4 Å². The second-order valence-electron chi connectivity index (χ2n) is 3.54. The molecular weight excluding hydrogens is 277 g/mol. The van der Waals surface area contributed by atoms with Crippen molar-refractivity contribution in [1.82, 2.24) is 0 Å². The molecule has 0 spiro atoms. The Kier molecular flexibility index (Phi) is 3.03. The van der Waals surface area contributed by atoms with E-state index in [4.69, 9.17) is 11.6 Å². The molecule has 2 rings (SSSR count). The highest BCUT2D eigenvalue weighted by atomic mass is 79.9. The van der Waals surface area contributed by atoms with Crippen LogP contribution in [0, 0.1) is 0 Å². The van der Waals surface area contributed by atoms with Gasteiger partial charge in [-0.3, -0.25) is 4.79 Å². The lowest BCUT2D eigenvalue weighted by atomic mass is 10.2. The zero-order valence-electron chi connectivity index (χ0n) is 8.39. The number of carbonyl (C=O) groups excluding carboxylic acids is 1. The highest BCUT2D eigenvalue weighted by Gasteiger charge is 2.26. The van der Waals surface area contributed by atoms with Crippen molar-refractivity contribution < 1.29 is 4.79 Å². The Labute approximate surface area is 102 Å². The molecule has 0 atom stereocenters. The molecule has 0 N–H and O–H groups in total. The number of anilines is 1. The Morgan fingerprint density at radius 3 is 3.00 bits per heavy atom. The molecule has 1 amide bonds. The molecular formula is C11H11BrClNO. The molecule has 1 heterocycles. The minimum Gasteiger partial charge on any atom is -0.311 e. The first kappa shape index (κ1) is 11.0. The van der Waals surface area contributed by atoms with Crippen LogP contribution in [-0.2, 0) is 11.2 Å². The minimum atomic E-state index is 0.164. The molecule has 80 valence electrons. The highest BCUT2D eigenvalue weighted by Crippen LogP contribution is 2.38. The van der Waals surface area contributed by atoms with E-state index in [1.807, 2.05) is 24.0 Å². The monoisotopic (exact) mass is 287 g/mol. The van der Waals surface area contributed by atoms with Crippen LogP contribution in [0.5, 0.6) is 0 Å². The van der Waals surface area contributed by atoms with Gasteiger partial charge in [0.1, 0.15) is 0 Å². The summed E-state index contributed by atoms with van der Waals surface area (Å²) in [5.41, 5.74) is 2.14. The highest BCUT2D eigenvalue weighted by molar-refractivity contribution is 9.10. The molecule has 0 fully saturated rings. The fourth-order valence-corrected chi connectivity index (χ4v) is 2.98. The third-order valence-corrected chi connectivity index (χ3v) is 3.41. The fourth-order valence-electron chi connectivity index (χ4n) is 1.90. The average molecular weight is 289 g/mol. The first-order chi connectivity index (χ1) is 7.13. The molecule has 0 radical (unpaired) electrons. The Morgan fingerprint density at radius 2 is 2.33 bits per heavy atom. The summed E-state index contributed by atoms with van der Waals surface area (Å²) in [6, 6.07) is 3.77. The van der Waals surface area contributed by atoms with Gasteiger partial charge in [-0.25, -0.2) is 0 Å². The van der Waals surface area contributed by atoms with Gasteiger partial charge in [0, 0.05) is 22.5 Å². The zero-order chi connectivity index (χ0) is 11.0. The molecule has 1 aliphatic rings. The minimum absolute atomic E-state index is 0.164. The van der Waals surface area contributed by atoms with Crippen LogP contribution in [0.3, 0.4) is 0 Å². The summed E-state index contributed by atoms with van der Waals surface area (Å²) >= 11 is 9.41. The lowest BCUT2D eigenvalue weighted by molar-refractivity contribution is -0.118. The summed E-state index contributed by atoms with van der Waals surface area (Å²) in [6.07, 6.45) is 1.43. The van der Waals surface area contributed by atoms with Crippen LogP contribution in [0.2, 0.25) is 5.02 Å². The van der Waals surface area contributed by atoms with Gasteiger partial charge in [-0.15, -0.1) is 0 Å². The summed E-state index contributed by atoms with van der Waals surface area (Å²) in [5.74, 6) is 0.164. The molecule has 0 saturated heterocycles. The van der Waals surface area contributed by atoms with Crippen LogP contribution < -0.4 is 4.90 Å². The Bertz CT molecular complexity index is 419. The van der Waals surface area contributed by atoms with Crippen molar-refractivity contribution in [2.45, 2.75) is 19.8 Å². The zero-order valence-corrected chi connectivity index (χ0v) is 10.7. The molecule has 2 nitrogen and oxygen atoms in total. The molecule has 4 heteroatoms. The second kappa shape index (κ2) is 4.14. The summed E-state index contributed by atoms with van der Waals surface area (Å²) in [5, 5.41) is 0.714. The van der Waals surface area contributed by atoms with Crippen molar-refractivity contribution in [1.29, 1.82) is 0 Å². The van der Waals surface area contributed by atoms with Gasteiger partial charge in [-0.2, -0.15) is 0 Å². The number of fused-ring (bicyclic) bond motifs is 1. The Balaban J connectivity index is 2.46. The first-order valence-corrected chi connectivity index (χ1v) is 6.09. The van der Waals surface area contributed by atoms with E-state index in [0.717, 1.165) is 28.7 Å². The van der Waals surface area contributed by atoms with Crippen molar-refractivity contribution in [2.24, 2.45) is 0 Å². The third-order valence-electron chi connectivity index (χ3n) is 2.59. The van der Waals surface area contributed by atoms with E-state index in [1.54, 1.807) is 0 Å². The number of amides is 1. The van der Waals surface area contributed by atoms with Crippen molar-refractivity contribution in [3.8, 4) is 0 Å². The number of hydrogen-bond donors (Lipinski definition) is 0. The number of carbonyl (C=O) groups is 1. The molecule has 1 aromatic carbocycles. The maximum Gasteiger partial charge on any atom is 0.226 e. The van der Waals surface area contributed by atoms with Gasteiger partial charge in [0.15, 0.2) is 0 Å². The average Bonchev–Trinajstić information content (AvgIpc) is 2.60. The summed E-state index contributed by atoms with van der Waals surface area (Å²) < 4.78 is 0.907. The van der Waals surface area contributed by atoms with E-state index in [-0.39, 0.29) is 5.91 Å². The van der Waals surface area contributed by atoms with Gasteiger partial charge < -0.3 is 4.90 Å². The number of benzene rings is 1. The first-order valence-electron chi connectivity index (χ1n) is 4.91. The number of rotatable bonds is 1. The van der Waals surface area contributed by atoms with E-state index in [9.17, 15) is 4.79 Å². The molecule has 0 aliphatic carbocycles. The molecule has 0 aromatic heterocycles. The van der Waals surface area contributed by atoms with Crippen molar-refractivity contribution in [3.05, 3.63) is 27.2 Å². The van der Waals surface area contributed by atoms with Gasteiger partial charge in [-0.1, -0.05) is 18.5 Å². The van der Waals surface area contributed by atoms with E-state index in [1.165, 1.54) is 0 Å². The summed E-state index contributed by atoms with van der Waals surface area (Å²) in [7, 11) is 0. The molecule has 1 aromatic rings. The van der Waals surface area contributed by atoms with Gasteiger partial charge in [0.25, 0.3) is 0 Å². The molecule has 15 heavy (non-hydrogen) atoms. The quantitative estimate of drug-likeness (QED) is 0.775.